The summed E-state index contributed by atoms with van der Waals surface area (Å²) in [6.07, 6.45) is 70.8. The topological polar surface area (TPSA) is 237 Å². The normalized spacial score (nSPS) is 13.8. The Hall–Kier alpha value is -1.94. The van der Waals surface area contributed by atoms with Crippen LogP contribution in [0.25, 0.3) is 0 Å². The van der Waals surface area contributed by atoms with Gasteiger partial charge in [0.1, 0.15) is 19.3 Å². The van der Waals surface area contributed by atoms with Gasteiger partial charge in [-0.1, -0.05) is 421 Å². The first kappa shape index (κ1) is 106. The highest BCUT2D eigenvalue weighted by Gasteiger charge is 2.31. The minimum Gasteiger partial charge on any atom is -0.462 e. The summed E-state index contributed by atoms with van der Waals surface area (Å²) in [5, 5.41) is 10.7. The van der Waals surface area contributed by atoms with Crippen LogP contribution in [0.15, 0.2) is 0 Å². The maximum Gasteiger partial charge on any atom is 0.472 e. The summed E-state index contributed by atoms with van der Waals surface area (Å²) < 4.78 is 69.0. The zero-order valence-electron chi connectivity index (χ0n) is 71.3. The standard InChI is InChI=1S/C89H174O17P2/c1-8-9-10-11-12-13-14-15-16-17-21-24-30-35-42-49-56-63-70-86(91)99-76-84(105-88(93)72-65-58-51-43-36-31-25-22-19-18-20-23-28-33-39-46-53-60-67-80(2)3)78-103-107(95,96)101-74-83(90)75-102-108(97,98)104-79-85(77-100-87(92)71-64-57-50-45-38-41-48-55-62-69-82(6)7)106-89(94)73-66-59-52-44-37-32-27-26-29-34-40-47-54-61-68-81(4)5/h80-85,90H,8-79H2,1-7H3,(H,95,96)(H,97,98)/t83-,84-,85-/m1/s1. The summed E-state index contributed by atoms with van der Waals surface area (Å²) in [6, 6.07) is 0. The molecule has 0 radical (unpaired) electrons. The maximum absolute atomic E-state index is 13.2. The molecule has 0 aliphatic rings. The maximum atomic E-state index is 13.2. The molecule has 0 aliphatic heterocycles. The van der Waals surface area contributed by atoms with Crippen molar-refractivity contribution in [3.05, 3.63) is 0 Å². The molecule has 5 atom stereocenters. The van der Waals surface area contributed by atoms with E-state index < -0.39 is 97.5 Å². The molecule has 3 N–H and O–H groups in total. The van der Waals surface area contributed by atoms with Crippen molar-refractivity contribution in [1.82, 2.24) is 0 Å². The van der Waals surface area contributed by atoms with Gasteiger partial charge in [0.15, 0.2) is 12.2 Å². The molecule has 0 aromatic carbocycles. The van der Waals surface area contributed by atoms with Crippen molar-refractivity contribution in [1.29, 1.82) is 0 Å². The summed E-state index contributed by atoms with van der Waals surface area (Å²) >= 11 is 0. The predicted molar refractivity (Wildman–Crippen MR) is 446 cm³/mol. The molecule has 108 heavy (non-hydrogen) atoms. The van der Waals surface area contributed by atoms with E-state index in [1.807, 2.05) is 0 Å². The number of ether oxygens (including phenoxy) is 4. The SMILES string of the molecule is CCCCCCCCCCCCCCCCCCCCC(=O)OC[C@H](COP(=O)(O)OC[C@@H](O)COP(=O)(O)OC[C@@H](COC(=O)CCCCCCCCCCCC(C)C)OC(=O)CCCCCCCCCCCCCCCCC(C)C)OC(=O)CCCCCCCCCCCCCCCCCCCCC(C)C. The van der Waals surface area contributed by atoms with Crippen LogP contribution in [-0.2, 0) is 65.4 Å². The van der Waals surface area contributed by atoms with Crippen molar-refractivity contribution in [3.63, 3.8) is 0 Å². The van der Waals surface area contributed by atoms with E-state index in [1.54, 1.807) is 0 Å². The van der Waals surface area contributed by atoms with Gasteiger partial charge in [0.05, 0.1) is 26.4 Å². The Kier molecular flexibility index (Phi) is 77.5. The van der Waals surface area contributed by atoms with Gasteiger partial charge >= 0.3 is 39.5 Å². The van der Waals surface area contributed by atoms with Gasteiger partial charge in [-0.2, -0.15) is 0 Å². The highest BCUT2D eigenvalue weighted by molar-refractivity contribution is 7.47. The Morgan fingerprint density at radius 1 is 0.250 bits per heavy atom. The molecule has 17 nitrogen and oxygen atoms in total. The van der Waals surface area contributed by atoms with Crippen LogP contribution >= 0.6 is 15.6 Å². The molecule has 0 bridgehead atoms. The molecule has 0 heterocycles. The number of phosphoric acid groups is 2. The first-order chi connectivity index (χ1) is 52.2. The molecule has 0 aromatic heterocycles. The highest BCUT2D eigenvalue weighted by Crippen LogP contribution is 2.45. The number of unbranched alkanes of at least 4 members (excludes halogenated alkanes) is 55. The quantitative estimate of drug-likeness (QED) is 0.0222. The lowest BCUT2D eigenvalue weighted by Gasteiger charge is -2.21. The van der Waals surface area contributed by atoms with E-state index in [2.05, 4.69) is 48.5 Å². The molecule has 0 aromatic rings. The number of rotatable bonds is 87. The lowest BCUT2D eigenvalue weighted by atomic mass is 10.0. The number of carbonyl (C=O) groups is 4. The summed E-state index contributed by atoms with van der Waals surface area (Å²) in [5.74, 6) is 0.259. The molecular formula is C89H174O17P2. The smallest absolute Gasteiger partial charge is 0.462 e. The summed E-state index contributed by atoms with van der Waals surface area (Å²) in [6.45, 7) is 12.0. The predicted octanol–water partition coefficient (Wildman–Crippen LogP) is 27.3. The van der Waals surface area contributed by atoms with Crippen molar-refractivity contribution >= 4 is 39.5 Å². The molecule has 0 spiro atoms. The van der Waals surface area contributed by atoms with Gasteiger partial charge < -0.3 is 33.8 Å². The van der Waals surface area contributed by atoms with Crippen LogP contribution in [0.2, 0.25) is 0 Å². The molecule has 0 amide bonds. The summed E-state index contributed by atoms with van der Waals surface area (Å²) in [4.78, 5) is 73.4. The van der Waals surface area contributed by atoms with Gasteiger partial charge in [-0.3, -0.25) is 37.3 Å². The van der Waals surface area contributed by atoms with Gasteiger partial charge in [0, 0.05) is 25.7 Å². The van der Waals surface area contributed by atoms with Crippen molar-refractivity contribution in [3.8, 4) is 0 Å². The number of hydrogen-bond acceptors (Lipinski definition) is 15. The first-order valence-electron chi connectivity index (χ1n) is 45.8. The Morgan fingerprint density at radius 2 is 0.426 bits per heavy atom. The van der Waals surface area contributed by atoms with E-state index in [-0.39, 0.29) is 25.7 Å². The number of aliphatic hydroxyl groups is 1. The van der Waals surface area contributed by atoms with E-state index in [0.29, 0.717) is 25.7 Å². The van der Waals surface area contributed by atoms with E-state index in [4.69, 9.17) is 37.0 Å². The number of esters is 4. The minimum atomic E-state index is -4.97. The largest absolute Gasteiger partial charge is 0.472 e. The van der Waals surface area contributed by atoms with Crippen LogP contribution in [-0.4, -0.2) is 96.7 Å². The fraction of sp³-hybridized carbons (Fsp3) is 0.955. The number of phosphoric ester groups is 2. The number of aliphatic hydroxyl groups excluding tert-OH is 1. The lowest BCUT2D eigenvalue weighted by Crippen LogP contribution is -2.30. The molecule has 0 saturated carbocycles. The Morgan fingerprint density at radius 3 is 0.630 bits per heavy atom. The van der Waals surface area contributed by atoms with Crippen LogP contribution in [0.5, 0.6) is 0 Å². The van der Waals surface area contributed by atoms with Crippen molar-refractivity contribution in [2.45, 2.75) is 491 Å². The zero-order chi connectivity index (χ0) is 79.3. The second-order valence-corrected chi connectivity index (χ2v) is 36.3. The van der Waals surface area contributed by atoms with Gasteiger partial charge in [0.2, 0.25) is 0 Å². The van der Waals surface area contributed by atoms with Crippen LogP contribution in [0.1, 0.15) is 472 Å². The highest BCUT2D eigenvalue weighted by atomic mass is 31.2. The fourth-order valence-electron chi connectivity index (χ4n) is 13.9. The molecular weight excluding hydrogens is 1400 g/mol. The van der Waals surface area contributed by atoms with Crippen LogP contribution in [0.4, 0.5) is 0 Å². The third-order valence-electron chi connectivity index (χ3n) is 20.9. The van der Waals surface area contributed by atoms with Crippen LogP contribution in [0.3, 0.4) is 0 Å². The van der Waals surface area contributed by atoms with Gasteiger partial charge in [-0.05, 0) is 43.4 Å². The van der Waals surface area contributed by atoms with Crippen molar-refractivity contribution < 1.29 is 80.2 Å². The van der Waals surface area contributed by atoms with Crippen molar-refractivity contribution in [2.75, 3.05) is 39.6 Å². The van der Waals surface area contributed by atoms with E-state index >= 15 is 0 Å². The van der Waals surface area contributed by atoms with E-state index in [9.17, 15) is 43.2 Å². The average molecular weight is 1580 g/mol. The molecule has 0 saturated heterocycles. The van der Waals surface area contributed by atoms with Gasteiger partial charge in [-0.15, -0.1) is 0 Å². The second-order valence-electron chi connectivity index (χ2n) is 33.4. The lowest BCUT2D eigenvalue weighted by molar-refractivity contribution is -0.161. The molecule has 0 rings (SSSR count). The third-order valence-corrected chi connectivity index (χ3v) is 22.8. The first-order valence-corrected chi connectivity index (χ1v) is 48.8. The molecule has 2 unspecified atom stereocenters. The molecule has 19 heteroatoms. The summed E-state index contributed by atoms with van der Waals surface area (Å²) in [5.41, 5.74) is 0. The minimum absolute atomic E-state index is 0.107. The number of hydrogen-bond donors (Lipinski definition) is 3. The van der Waals surface area contributed by atoms with E-state index in [1.165, 1.54) is 283 Å². The van der Waals surface area contributed by atoms with Crippen molar-refractivity contribution in [2.24, 2.45) is 17.8 Å². The van der Waals surface area contributed by atoms with Gasteiger partial charge in [-0.25, -0.2) is 9.13 Å². The van der Waals surface area contributed by atoms with E-state index in [0.717, 1.165) is 108 Å². The molecule has 0 aliphatic carbocycles. The molecule has 642 valence electrons. The Bertz CT molecular complexity index is 2080. The fourth-order valence-corrected chi connectivity index (χ4v) is 15.5. The number of carbonyl (C=O) groups excluding carboxylic acids is 4. The third kappa shape index (κ3) is 82.1. The Balaban J connectivity index is 5.25. The van der Waals surface area contributed by atoms with Crippen LogP contribution in [0, 0.1) is 17.8 Å². The zero-order valence-corrected chi connectivity index (χ0v) is 73.1. The molecule has 0 fully saturated rings. The second kappa shape index (κ2) is 78.9. The van der Waals surface area contributed by atoms with Gasteiger partial charge in [0.25, 0.3) is 0 Å². The monoisotopic (exact) mass is 1580 g/mol. The average Bonchev–Trinajstić information content (AvgIpc) is 0.899. The Labute approximate surface area is 664 Å². The summed E-state index contributed by atoms with van der Waals surface area (Å²) in [7, 11) is -9.93. The van der Waals surface area contributed by atoms with Crippen LogP contribution < -0.4 is 0 Å².